The molecule has 0 spiro atoms. The summed E-state index contributed by atoms with van der Waals surface area (Å²) in [4.78, 5) is 31.9. The van der Waals surface area contributed by atoms with Crippen LogP contribution in [0.2, 0.25) is 0 Å². The second-order valence-corrected chi connectivity index (χ2v) is 9.38. The minimum atomic E-state index is -4.69. The smallest absolute Gasteiger partial charge is 0.367 e. The van der Waals surface area contributed by atoms with Crippen LogP contribution in [0.5, 0.6) is 0 Å². The SMILES string of the molecule is Cc1nc2nc(N3CC(C)OC(c4ccc(=O)n(C)c4)C3)nc(-c3ccc(C(F)(F)F)cc3F)c2nc1C. The van der Waals surface area contributed by atoms with Gasteiger partial charge in [0.2, 0.25) is 11.5 Å². The van der Waals surface area contributed by atoms with E-state index in [9.17, 15) is 18.0 Å². The molecule has 8 nitrogen and oxygen atoms in total. The van der Waals surface area contributed by atoms with Crippen LogP contribution in [0.3, 0.4) is 0 Å². The van der Waals surface area contributed by atoms with Crippen molar-refractivity contribution in [3.05, 3.63) is 75.2 Å². The summed E-state index contributed by atoms with van der Waals surface area (Å²) in [5, 5.41) is 0. The van der Waals surface area contributed by atoms with Gasteiger partial charge in [-0.1, -0.05) is 0 Å². The highest BCUT2D eigenvalue weighted by Crippen LogP contribution is 2.35. The average molecular weight is 529 g/mol. The lowest BCUT2D eigenvalue weighted by molar-refractivity contribution is -0.137. The molecular weight excluding hydrogens is 504 g/mol. The molecule has 0 saturated carbocycles. The van der Waals surface area contributed by atoms with Gasteiger partial charge in [-0.3, -0.25) is 4.79 Å². The lowest BCUT2D eigenvalue weighted by Crippen LogP contribution is -2.44. The molecule has 1 fully saturated rings. The Morgan fingerprint density at radius 2 is 1.74 bits per heavy atom. The minimum Gasteiger partial charge on any atom is -0.367 e. The number of ether oxygens (including phenoxy) is 1. The number of benzene rings is 1. The Morgan fingerprint density at radius 1 is 1.00 bits per heavy atom. The van der Waals surface area contributed by atoms with Gasteiger partial charge < -0.3 is 14.2 Å². The number of hydrogen-bond acceptors (Lipinski definition) is 7. The third-order valence-corrected chi connectivity index (χ3v) is 6.51. The standard InChI is InChI=1S/C26H24F4N6O2/c1-13-10-36(12-20(38-13)16-5-8-21(37)35(4)11-16)25-33-22(23-24(34-25)32-15(3)14(2)31-23)18-7-6-17(9-19(18)27)26(28,29)30/h5-9,11,13,20H,10,12H2,1-4H3. The molecule has 1 aliphatic rings. The van der Waals surface area contributed by atoms with E-state index in [2.05, 4.69) is 19.9 Å². The number of nitrogens with zero attached hydrogens (tertiary/aromatic N) is 6. The molecule has 4 heterocycles. The molecular formula is C26H24F4N6O2. The number of pyridine rings is 1. The van der Waals surface area contributed by atoms with Crippen LogP contribution in [0.1, 0.15) is 35.5 Å². The van der Waals surface area contributed by atoms with E-state index in [1.807, 2.05) is 11.8 Å². The fourth-order valence-electron chi connectivity index (χ4n) is 4.42. The number of aryl methyl sites for hydroxylation is 3. The lowest BCUT2D eigenvalue weighted by Gasteiger charge is -2.37. The van der Waals surface area contributed by atoms with Gasteiger partial charge in [-0.05, 0) is 50.6 Å². The van der Waals surface area contributed by atoms with Crippen molar-refractivity contribution in [1.29, 1.82) is 0 Å². The first-order chi connectivity index (χ1) is 17.9. The zero-order valence-corrected chi connectivity index (χ0v) is 21.0. The number of alkyl halides is 3. The van der Waals surface area contributed by atoms with Crippen molar-refractivity contribution in [2.24, 2.45) is 7.05 Å². The topological polar surface area (TPSA) is 86.0 Å². The van der Waals surface area contributed by atoms with E-state index in [-0.39, 0.29) is 40.0 Å². The van der Waals surface area contributed by atoms with Crippen LogP contribution in [0.25, 0.3) is 22.4 Å². The molecule has 1 saturated heterocycles. The van der Waals surface area contributed by atoms with Crippen LogP contribution < -0.4 is 10.5 Å². The largest absolute Gasteiger partial charge is 0.416 e. The van der Waals surface area contributed by atoms with Crippen molar-refractivity contribution < 1.29 is 22.3 Å². The van der Waals surface area contributed by atoms with Crippen molar-refractivity contribution in [2.45, 2.75) is 39.2 Å². The molecule has 3 aromatic heterocycles. The zero-order valence-electron chi connectivity index (χ0n) is 21.0. The van der Waals surface area contributed by atoms with Crippen molar-refractivity contribution in [1.82, 2.24) is 24.5 Å². The number of fused-ring (bicyclic) bond motifs is 1. The van der Waals surface area contributed by atoms with Crippen LogP contribution >= 0.6 is 0 Å². The van der Waals surface area contributed by atoms with Crippen molar-refractivity contribution >= 4 is 17.1 Å². The highest BCUT2D eigenvalue weighted by Gasteiger charge is 2.33. The monoisotopic (exact) mass is 528 g/mol. The zero-order chi connectivity index (χ0) is 27.4. The van der Waals surface area contributed by atoms with Gasteiger partial charge in [-0.2, -0.15) is 18.2 Å². The Balaban J connectivity index is 1.63. The van der Waals surface area contributed by atoms with Gasteiger partial charge in [0.25, 0.3) is 0 Å². The van der Waals surface area contributed by atoms with Gasteiger partial charge in [0, 0.05) is 31.4 Å². The van der Waals surface area contributed by atoms with Gasteiger partial charge in [0.1, 0.15) is 23.1 Å². The van der Waals surface area contributed by atoms with Gasteiger partial charge in [-0.25, -0.2) is 19.3 Å². The molecule has 38 heavy (non-hydrogen) atoms. The van der Waals surface area contributed by atoms with E-state index >= 15 is 4.39 Å². The predicted molar refractivity (Wildman–Crippen MR) is 132 cm³/mol. The second-order valence-electron chi connectivity index (χ2n) is 9.38. The minimum absolute atomic E-state index is 0.0460. The first-order valence-electron chi connectivity index (χ1n) is 11.9. The molecule has 12 heteroatoms. The molecule has 198 valence electrons. The summed E-state index contributed by atoms with van der Waals surface area (Å²) >= 11 is 0. The molecule has 0 N–H and O–H groups in total. The highest BCUT2D eigenvalue weighted by atomic mass is 19.4. The normalized spacial score (nSPS) is 18.3. The first-order valence-corrected chi connectivity index (χ1v) is 11.9. The molecule has 1 aliphatic heterocycles. The summed E-state index contributed by atoms with van der Waals surface area (Å²) < 4.78 is 62.2. The molecule has 0 bridgehead atoms. The van der Waals surface area contributed by atoms with Gasteiger partial charge in [0.15, 0.2) is 5.65 Å². The Bertz CT molecular complexity index is 1600. The Hall–Kier alpha value is -3.93. The van der Waals surface area contributed by atoms with Gasteiger partial charge in [0.05, 0.1) is 29.6 Å². The van der Waals surface area contributed by atoms with Crippen molar-refractivity contribution in [3.63, 3.8) is 0 Å². The third kappa shape index (κ3) is 4.83. The van der Waals surface area contributed by atoms with E-state index in [1.54, 1.807) is 33.2 Å². The van der Waals surface area contributed by atoms with E-state index < -0.39 is 23.7 Å². The maximum absolute atomic E-state index is 15.1. The summed E-state index contributed by atoms with van der Waals surface area (Å²) in [6.45, 7) is 6.09. The maximum Gasteiger partial charge on any atom is 0.416 e. The third-order valence-electron chi connectivity index (χ3n) is 6.51. The van der Waals surface area contributed by atoms with E-state index in [4.69, 9.17) is 4.74 Å². The van der Waals surface area contributed by atoms with Crippen LogP contribution in [0.15, 0.2) is 41.3 Å². The average Bonchev–Trinajstić information content (AvgIpc) is 2.85. The highest BCUT2D eigenvalue weighted by molar-refractivity contribution is 5.88. The van der Waals surface area contributed by atoms with E-state index in [1.165, 1.54) is 10.6 Å². The molecule has 0 aliphatic carbocycles. The Kier molecular flexibility index (Phi) is 6.38. The summed E-state index contributed by atoms with van der Waals surface area (Å²) in [7, 11) is 1.65. The molecule has 0 radical (unpaired) electrons. The van der Waals surface area contributed by atoms with Crippen LogP contribution in [-0.4, -0.2) is 43.7 Å². The molecule has 2 unspecified atom stereocenters. The molecule has 2 atom stereocenters. The second kappa shape index (κ2) is 9.43. The number of aromatic nitrogens is 5. The van der Waals surface area contributed by atoms with Crippen LogP contribution in [-0.2, 0) is 18.0 Å². The fourth-order valence-corrected chi connectivity index (χ4v) is 4.42. The number of halogens is 4. The number of rotatable bonds is 3. The molecule has 4 aromatic rings. The number of morpholine rings is 1. The summed E-state index contributed by atoms with van der Waals surface area (Å²) in [6.07, 6.45) is -3.65. The number of anilines is 1. The van der Waals surface area contributed by atoms with E-state index in [0.29, 0.717) is 30.5 Å². The molecule has 1 aromatic carbocycles. The van der Waals surface area contributed by atoms with Gasteiger partial charge >= 0.3 is 6.18 Å². The Labute approximate surface area is 215 Å². The van der Waals surface area contributed by atoms with Gasteiger partial charge in [-0.15, -0.1) is 0 Å². The van der Waals surface area contributed by atoms with Crippen LogP contribution in [0.4, 0.5) is 23.5 Å². The predicted octanol–water partition coefficient (Wildman–Crippen LogP) is 4.53. The summed E-state index contributed by atoms with van der Waals surface area (Å²) in [5.74, 6) is -0.862. The maximum atomic E-state index is 15.1. The summed E-state index contributed by atoms with van der Waals surface area (Å²) in [5.41, 5.74) is 1.000. The fraction of sp³-hybridized carbons (Fsp3) is 0.346. The number of hydrogen-bond donors (Lipinski definition) is 0. The quantitative estimate of drug-likeness (QED) is 0.361. The lowest BCUT2D eigenvalue weighted by atomic mass is 10.1. The molecule has 5 rings (SSSR count). The van der Waals surface area contributed by atoms with Crippen molar-refractivity contribution in [3.8, 4) is 11.3 Å². The molecule has 0 amide bonds. The van der Waals surface area contributed by atoms with E-state index in [0.717, 1.165) is 17.7 Å². The Morgan fingerprint density at radius 3 is 2.42 bits per heavy atom. The first kappa shape index (κ1) is 25.7. The van der Waals surface area contributed by atoms with Crippen molar-refractivity contribution in [2.75, 3.05) is 18.0 Å². The summed E-state index contributed by atoms with van der Waals surface area (Å²) in [6, 6.07) is 5.47. The van der Waals surface area contributed by atoms with Crippen LogP contribution in [0, 0.1) is 19.7 Å².